The highest BCUT2D eigenvalue weighted by Gasteiger charge is 1.95. The Balaban J connectivity index is 2.77. The number of hydrogen-bond donors (Lipinski definition) is 0. The van der Waals surface area contributed by atoms with Crippen LogP contribution in [0.25, 0.3) is 0 Å². The van der Waals surface area contributed by atoms with Gasteiger partial charge in [0.25, 0.3) is 0 Å². The van der Waals surface area contributed by atoms with Crippen molar-refractivity contribution in [1.29, 1.82) is 0 Å². The molecule has 12 heavy (non-hydrogen) atoms. The van der Waals surface area contributed by atoms with Crippen LogP contribution in [0.15, 0.2) is 18.2 Å². The van der Waals surface area contributed by atoms with Gasteiger partial charge in [0, 0.05) is 0 Å². The fraction of sp³-hybridized carbons (Fsp3) is 0.273. The van der Waals surface area contributed by atoms with Crippen LogP contribution < -0.4 is 4.74 Å². The number of ether oxygens (including phenoxy) is 1. The standard InChI is InChI=1S/C11H12O/c1-4-7-12-11-6-5-9(2)10(3)8-11/h1,5-6,8H,7H2,2-3H3. The second kappa shape index (κ2) is 3.82. The maximum absolute atomic E-state index is 5.25. The Labute approximate surface area is 73.4 Å². The minimum atomic E-state index is 0.336. The lowest BCUT2D eigenvalue weighted by molar-refractivity contribution is 0.370. The van der Waals surface area contributed by atoms with Gasteiger partial charge in [-0.3, -0.25) is 0 Å². The highest BCUT2D eigenvalue weighted by molar-refractivity contribution is 5.33. The molecule has 0 atom stereocenters. The molecule has 0 fully saturated rings. The topological polar surface area (TPSA) is 9.23 Å². The van der Waals surface area contributed by atoms with E-state index in [1.807, 2.05) is 18.2 Å². The molecule has 1 aromatic rings. The molecular weight excluding hydrogens is 148 g/mol. The fourth-order valence-electron chi connectivity index (χ4n) is 0.929. The lowest BCUT2D eigenvalue weighted by atomic mass is 10.1. The van der Waals surface area contributed by atoms with E-state index in [4.69, 9.17) is 11.2 Å². The van der Waals surface area contributed by atoms with Gasteiger partial charge in [-0.1, -0.05) is 12.0 Å². The molecule has 0 spiro atoms. The monoisotopic (exact) mass is 160 g/mol. The Morgan fingerprint density at radius 1 is 1.33 bits per heavy atom. The van der Waals surface area contributed by atoms with Gasteiger partial charge in [-0.25, -0.2) is 0 Å². The molecule has 0 unspecified atom stereocenters. The lowest BCUT2D eigenvalue weighted by Crippen LogP contribution is -1.93. The van der Waals surface area contributed by atoms with Gasteiger partial charge in [-0.05, 0) is 37.1 Å². The third-order valence-electron chi connectivity index (χ3n) is 1.80. The molecule has 0 N–H and O–H groups in total. The molecule has 0 aliphatic carbocycles. The van der Waals surface area contributed by atoms with E-state index in [2.05, 4.69) is 19.8 Å². The van der Waals surface area contributed by atoms with Crippen molar-refractivity contribution in [2.24, 2.45) is 0 Å². The van der Waals surface area contributed by atoms with E-state index in [1.54, 1.807) is 0 Å². The van der Waals surface area contributed by atoms with Crippen molar-refractivity contribution in [3.05, 3.63) is 29.3 Å². The van der Waals surface area contributed by atoms with Crippen LogP contribution in [0.3, 0.4) is 0 Å². The molecule has 0 radical (unpaired) electrons. The first-order valence-electron chi connectivity index (χ1n) is 3.87. The number of benzene rings is 1. The third kappa shape index (κ3) is 2.03. The summed E-state index contributed by atoms with van der Waals surface area (Å²) in [5, 5.41) is 0. The number of rotatable bonds is 2. The van der Waals surface area contributed by atoms with Gasteiger partial charge in [0.1, 0.15) is 12.4 Å². The van der Waals surface area contributed by atoms with Crippen molar-refractivity contribution in [3.8, 4) is 18.1 Å². The second-order valence-electron chi connectivity index (χ2n) is 2.74. The molecule has 0 aromatic heterocycles. The van der Waals surface area contributed by atoms with Crippen molar-refractivity contribution in [2.45, 2.75) is 13.8 Å². The molecule has 0 heterocycles. The maximum Gasteiger partial charge on any atom is 0.148 e. The lowest BCUT2D eigenvalue weighted by Gasteiger charge is -2.04. The summed E-state index contributed by atoms with van der Waals surface area (Å²) in [6.45, 7) is 4.46. The van der Waals surface area contributed by atoms with E-state index in [9.17, 15) is 0 Å². The molecule has 1 rings (SSSR count). The Bertz CT molecular complexity index is 307. The van der Waals surface area contributed by atoms with Crippen molar-refractivity contribution < 1.29 is 4.74 Å². The van der Waals surface area contributed by atoms with Gasteiger partial charge >= 0.3 is 0 Å². The van der Waals surface area contributed by atoms with Gasteiger partial charge in [-0.15, -0.1) is 6.42 Å². The Morgan fingerprint density at radius 2 is 2.08 bits per heavy atom. The fourth-order valence-corrected chi connectivity index (χ4v) is 0.929. The molecule has 0 aliphatic heterocycles. The normalized spacial score (nSPS) is 9.08. The van der Waals surface area contributed by atoms with Gasteiger partial charge in [0.05, 0.1) is 0 Å². The molecule has 0 saturated heterocycles. The van der Waals surface area contributed by atoms with E-state index in [0.717, 1.165) is 5.75 Å². The number of terminal acetylenes is 1. The summed E-state index contributed by atoms with van der Waals surface area (Å²) in [5.74, 6) is 3.27. The minimum Gasteiger partial charge on any atom is -0.481 e. The van der Waals surface area contributed by atoms with E-state index >= 15 is 0 Å². The van der Waals surface area contributed by atoms with E-state index in [1.165, 1.54) is 11.1 Å². The predicted molar refractivity (Wildman–Crippen MR) is 50.2 cm³/mol. The van der Waals surface area contributed by atoms with Crippen LogP contribution in [0.1, 0.15) is 11.1 Å². The summed E-state index contributed by atoms with van der Waals surface area (Å²) in [6.07, 6.45) is 5.07. The molecule has 0 aliphatic rings. The molecule has 1 aromatic carbocycles. The zero-order valence-electron chi connectivity index (χ0n) is 7.42. The van der Waals surface area contributed by atoms with Crippen LogP contribution in [-0.2, 0) is 0 Å². The summed E-state index contributed by atoms with van der Waals surface area (Å²) < 4.78 is 5.25. The van der Waals surface area contributed by atoms with Crippen molar-refractivity contribution in [1.82, 2.24) is 0 Å². The average Bonchev–Trinajstić information content (AvgIpc) is 2.07. The molecule has 1 nitrogen and oxygen atoms in total. The van der Waals surface area contributed by atoms with Gasteiger partial charge in [-0.2, -0.15) is 0 Å². The quantitative estimate of drug-likeness (QED) is 0.603. The van der Waals surface area contributed by atoms with Crippen molar-refractivity contribution in [2.75, 3.05) is 6.61 Å². The summed E-state index contributed by atoms with van der Waals surface area (Å²) in [6, 6.07) is 5.95. The van der Waals surface area contributed by atoms with E-state index < -0.39 is 0 Å². The summed E-state index contributed by atoms with van der Waals surface area (Å²) in [7, 11) is 0. The highest BCUT2D eigenvalue weighted by atomic mass is 16.5. The Morgan fingerprint density at radius 3 is 2.67 bits per heavy atom. The first-order chi connectivity index (χ1) is 5.74. The molecule has 62 valence electrons. The first kappa shape index (κ1) is 8.67. The predicted octanol–water partition coefficient (Wildman–Crippen LogP) is 2.32. The number of hydrogen-bond acceptors (Lipinski definition) is 1. The summed E-state index contributed by atoms with van der Waals surface area (Å²) >= 11 is 0. The van der Waals surface area contributed by atoms with Gasteiger partial charge < -0.3 is 4.74 Å². The highest BCUT2D eigenvalue weighted by Crippen LogP contribution is 2.15. The van der Waals surface area contributed by atoms with Crippen LogP contribution in [0.4, 0.5) is 0 Å². The van der Waals surface area contributed by atoms with Gasteiger partial charge in [0.15, 0.2) is 0 Å². The summed E-state index contributed by atoms with van der Waals surface area (Å²) in [5.41, 5.74) is 2.49. The first-order valence-corrected chi connectivity index (χ1v) is 3.87. The Kier molecular flexibility index (Phi) is 2.76. The zero-order valence-corrected chi connectivity index (χ0v) is 7.42. The zero-order chi connectivity index (χ0) is 8.97. The molecule has 0 saturated carbocycles. The molecular formula is C11H12O. The van der Waals surface area contributed by atoms with Crippen LogP contribution in [0.5, 0.6) is 5.75 Å². The van der Waals surface area contributed by atoms with Crippen LogP contribution in [0, 0.1) is 26.2 Å². The summed E-state index contributed by atoms with van der Waals surface area (Å²) in [4.78, 5) is 0. The number of aryl methyl sites for hydroxylation is 2. The largest absolute Gasteiger partial charge is 0.481 e. The average molecular weight is 160 g/mol. The molecule has 0 bridgehead atoms. The van der Waals surface area contributed by atoms with Crippen LogP contribution >= 0.6 is 0 Å². The third-order valence-corrected chi connectivity index (χ3v) is 1.80. The van der Waals surface area contributed by atoms with Crippen LogP contribution in [0.2, 0.25) is 0 Å². The molecule has 1 heteroatoms. The van der Waals surface area contributed by atoms with Gasteiger partial charge in [0.2, 0.25) is 0 Å². The maximum atomic E-state index is 5.25. The minimum absolute atomic E-state index is 0.336. The SMILES string of the molecule is C#CCOc1ccc(C)c(C)c1. The van der Waals surface area contributed by atoms with Crippen molar-refractivity contribution >= 4 is 0 Å². The van der Waals surface area contributed by atoms with Crippen LogP contribution in [-0.4, -0.2) is 6.61 Å². The second-order valence-corrected chi connectivity index (χ2v) is 2.74. The van der Waals surface area contributed by atoms with E-state index in [-0.39, 0.29) is 0 Å². The Hall–Kier alpha value is -1.42. The van der Waals surface area contributed by atoms with E-state index in [0.29, 0.717) is 6.61 Å². The van der Waals surface area contributed by atoms with Crippen molar-refractivity contribution in [3.63, 3.8) is 0 Å². The molecule has 0 amide bonds. The smallest absolute Gasteiger partial charge is 0.148 e.